The van der Waals surface area contributed by atoms with Crippen LogP contribution in [0.5, 0.6) is 0 Å². The fraction of sp³-hybridized carbons (Fsp3) is 0.912. The quantitative estimate of drug-likeness (QED) is 0.0260. The van der Waals surface area contributed by atoms with Crippen molar-refractivity contribution in [1.29, 1.82) is 10.8 Å². The topological polar surface area (TPSA) is 207 Å². The summed E-state index contributed by atoms with van der Waals surface area (Å²) in [6, 6.07) is 0. The Labute approximate surface area is 499 Å². The van der Waals surface area contributed by atoms with Crippen molar-refractivity contribution in [2.24, 2.45) is 71.0 Å². The van der Waals surface area contributed by atoms with Crippen LogP contribution in [-0.4, -0.2) is 96.8 Å². The molecule has 0 aromatic heterocycles. The number of carbonyl (C=O) groups is 4. The predicted molar refractivity (Wildman–Crippen MR) is 348 cm³/mol. The molecule has 12 nitrogen and oxygen atoms in total. The van der Waals surface area contributed by atoms with Gasteiger partial charge in [0.1, 0.15) is 0 Å². The zero-order chi connectivity index (χ0) is 64.5. The van der Waals surface area contributed by atoms with Gasteiger partial charge in [-0.2, -0.15) is 0 Å². The Morgan fingerprint density at radius 1 is 0.400 bits per heavy atom. The number of hydrogen-bond donors (Lipinski definition) is 6. The van der Waals surface area contributed by atoms with E-state index in [1.165, 1.54) is 64.5 Å². The number of nitrogens with one attached hydrogen (secondary N) is 3. The second-order valence-corrected chi connectivity index (χ2v) is 26.6. The van der Waals surface area contributed by atoms with Crippen LogP contribution < -0.4 is 10.0 Å². The van der Waals surface area contributed by atoms with E-state index in [1.807, 2.05) is 27.7 Å². The summed E-state index contributed by atoms with van der Waals surface area (Å²) < 4.78 is 0. The number of hydrogen-bond acceptors (Lipinski definition) is 8. The first-order chi connectivity index (χ1) is 36.8. The average molecular weight is 1150 g/mol. The van der Waals surface area contributed by atoms with E-state index in [4.69, 9.17) is 26.1 Å². The van der Waals surface area contributed by atoms with E-state index in [0.717, 1.165) is 137 Å². The van der Waals surface area contributed by atoms with Crippen LogP contribution in [0.15, 0.2) is 0 Å². The molecule has 0 amide bonds. The van der Waals surface area contributed by atoms with Crippen LogP contribution in [0, 0.1) is 81.8 Å². The lowest BCUT2D eigenvalue weighted by molar-refractivity contribution is -0.858. The third kappa shape index (κ3) is 97.3. The molecule has 0 saturated carbocycles. The lowest BCUT2D eigenvalue weighted by Gasteiger charge is -2.12. The van der Waals surface area contributed by atoms with Crippen molar-refractivity contribution in [3.8, 4) is 0 Å². The number of unbranched alkanes of at least 4 members (excludes halogenated alkanes) is 4. The van der Waals surface area contributed by atoms with Crippen LogP contribution in [0.3, 0.4) is 0 Å². The Hall–Kier alpha value is -2.86. The fourth-order valence-electron chi connectivity index (χ4n) is 6.85. The summed E-state index contributed by atoms with van der Waals surface area (Å²) in [5.41, 5.74) is 1.54. The summed E-state index contributed by atoms with van der Waals surface area (Å²) in [4.78, 5) is 45.5. The van der Waals surface area contributed by atoms with Gasteiger partial charge in [-0.1, -0.05) is 229 Å². The monoisotopic (exact) mass is 1150 g/mol. The lowest BCUT2D eigenvalue weighted by Crippen LogP contribution is -3.05. The highest BCUT2D eigenvalue weighted by atomic mass is 16.4. The second kappa shape index (κ2) is 65.3. The fourth-order valence-corrected chi connectivity index (χ4v) is 6.85. The maximum Gasteiger partial charge on any atom is 0.306 e. The molecule has 4 unspecified atom stereocenters. The van der Waals surface area contributed by atoms with E-state index in [1.54, 1.807) is 32.6 Å². The minimum atomic E-state index is -0.917. The molecule has 0 aliphatic heterocycles. The van der Waals surface area contributed by atoms with E-state index >= 15 is 0 Å². The summed E-state index contributed by atoms with van der Waals surface area (Å²) in [5.74, 6) is 1.66. The Balaban J connectivity index is -0.000000126. The minimum Gasteiger partial charge on any atom is -0.550 e. The van der Waals surface area contributed by atoms with Gasteiger partial charge in [0.15, 0.2) is 0 Å². The molecule has 0 aliphatic carbocycles. The summed E-state index contributed by atoms with van der Waals surface area (Å²) in [7, 11) is 8.62. The number of carbonyl (C=O) groups excluding carboxylic acids is 1. The van der Waals surface area contributed by atoms with Gasteiger partial charge in [0.05, 0.1) is 38.4 Å². The number of quaternary nitrogens is 1. The molecule has 0 radical (unpaired) electrons. The van der Waals surface area contributed by atoms with E-state index in [0.29, 0.717) is 11.8 Å². The first-order valence-corrected chi connectivity index (χ1v) is 32.2. The largest absolute Gasteiger partial charge is 0.550 e. The van der Waals surface area contributed by atoms with Gasteiger partial charge in [0, 0.05) is 17.4 Å². The molecule has 0 rings (SSSR count). The zero-order valence-corrected chi connectivity index (χ0v) is 58.2. The van der Waals surface area contributed by atoms with Crippen LogP contribution >= 0.6 is 0 Å². The molecule has 6 N–H and O–H groups in total. The average Bonchev–Trinajstić information content (AvgIpc) is 3.33. The molecule has 80 heavy (non-hydrogen) atoms. The highest BCUT2D eigenvalue weighted by Gasteiger charge is 2.12. The Morgan fingerprint density at radius 2 is 0.650 bits per heavy atom. The Kier molecular flexibility index (Phi) is 76.4. The molecule has 12 heteroatoms. The molecule has 4 atom stereocenters. The van der Waals surface area contributed by atoms with Crippen LogP contribution in [-0.2, 0) is 19.2 Å². The van der Waals surface area contributed by atoms with E-state index < -0.39 is 23.9 Å². The molecule has 0 saturated heterocycles. The Bertz CT molecular complexity index is 1260. The van der Waals surface area contributed by atoms with Crippen molar-refractivity contribution < 1.29 is 44.5 Å². The first-order valence-electron chi connectivity index (χ1n) is 32.2. The van der Waals surface area contributed by atoms with Gasteiger partial charge in [0.25, 0.3) is 0 Å². The van der Waals surface area contributed by atoms with Crippen molar-refractivity contribution in [3.05, 3.63) is 0 Å². The lowest BCUT2D eigenvalue weighted by atomic mass is 9.99. The molecular weight excluding hydrogens is 1000 g/mol. The molecule has 0 spiro atoms. The summed E-state index contributed by atoms with van der Waals surface area (Å²) in [6.07, 6.45) is 23.2. The number of nitrogens with zero attached hydrogens (tertiary/aromatic N) is 1. The standard InChI is InChI=1S/2C11H21NO2.2C10H20O2.2C7H17N.2C6H14/c2*1-8(2)10(12)7-5-4-6-9(3)11(13)14;2*1-8(2)6-4-5-7-9(3)10(11)12;2*1-7(2)5-6-8(3)4;2*1-4-5-6(2)3/h2*8-9,12H,4-7H2,1-3H3,(H,13,14);2*8-9H,4-7H2,1-3H3,(H,11,12);2*7H,5-6H2,1-4H3;2*6H,4-5H2,1-3H3. The number of rotatable bonds is 36. The van der Waals surface area contributed by atoms with Crippen molar-refractivity contribution in [3.63, 3.8) is 0 Å². The van der Waals surface area contributed by atoms with Crippen LogP contribution in [0.1, 0.15) is 294 Å². The maximum atomic E-state index is 10.5. The zero-order valence-electron chi connectivity index (χ0n) is 58.2. The normalized spacial score (nSPS) is 12.2. The first kappa shape index (κ1) is 93.6. The van der Waals surface area contributed by atoms with Crippen molar-refractivity contribution >= 4 is 35.3 Å². The van der Waals surface area contributed by atoms with Crippen molar-refractivity contribution in [1.82, 2.24) is 4.90 Å². The smallest absolute Gasteiger partial charge is 0.306 e. The van der Waals surface area contributed by atoms with Crippen molar-refractivity contribution in [2.45, 2.75) is 294 Å². The van der Waals surface area contributed by atoms with E-state index in [-0.39, 0.29) is 23.7 Å². The molecule has 484 valence electrons. The van der Waals surface area contributed by atoms with Gasteiger partial charge in [-0.25, -0.2) is 0 Å². The van der Waals surface area contributed by atoms with Gasteiger partial charge in [0.2, 0.25) is 0 Å². The van der Waals surface area contributed by atoms with Crippen LogP contribution in [0.2, 0.25) is 0 Å². The predicted octanol–water partition coefficient (Wildman–Crippen LogP) is 17.1. The SMILES string of the molecule is CC(C)C(=N)CCCCC(C)C(=O)O.CC(C)C(=N)CCCCC(C)C(=O)O.CC(C)CCCCC(C)C(=O)O.CC(C)CCCCC(C)C(=O)[O-].CC(C)CCN(C)C.CC(C)CC[NH+](C)C.CCCC(C)C.CCCC(C)C. The summed E-state index contributed by atoms with van der Waals surface area (Å²) in [5, 5.41) is 51.4. The number of carboxylic acids is 4. The molecule has 0 aliphatic rings. The summed E-state index contributed by atoms with van der Waals surface area (Å²) in [6.45, 7) is 48.8. The molecule has 0 aromatic carbocycles. The second-order valence-electron chi connectivity index (χ2n) is 26.6. The van der Waals surface area contributed by atoms with Crippen LogP contribution in [0.25, 0.3) is 0 Å². The number of carboxylic acid groups (broad SMARTS) is 4. The van der Waals surface area contributed by atoms with Gasteiger partial charge >= 0.3 is 17.9 Å². The maximum absolute atomic E-state index is 10.5. The highest BCUT2D eigenvalue weighted by molar-refractivity contribution is 5.83. The molecular formula is C68H144N4O8. The van der Waals surface area contributed by atoms with Crippen molar-refractivity contribution in [2.75, 3.05) is 41.3 Å². The van der Waals surface area contributed by atoms with E-state index in [9.17, 15) is 24.3 Å². The van der Waals surface area contributed by atoms with Crippen LogP contribution in [0.4, 0.5) is 0 Å². The summed E-state index contributed by atoms with van der Waals surface area (Å²) >= 11 is 0. The van der Waals surface area contributed by atoms with Gasteiger partial charge in [-0.05, 0) is 138 Å². The number of aliphatic carboxylic acids is 4. The third-order valence-electron chi connectivity index (χ3n) is 13.2. The molecule has 0 heterocycles. The van der Waals surface area contributed by atoms with Gasteiger partial charge in [-0.15, -0.1) is 0 Å². The molecule has 0 fully saturated rings. The van der Waals surface area contributed by atoms with E-state index in [2.05, 4.69) is 130 Å². The highest BCUT2D eigenvalue weighted by Crippen LogP contribution is 2.15. The molecule has 0 bridgehead atoms. The van der Waals surface area contributed by atoms with Gasteiger partial charge < -0.3 is 45.8 Å². The molecule has 0 aromatic rings. The third-order valence-corrected chi connectivity index (χ3v) is 13.2. The minimum absolute atomic E-state index is 0.169. The Morgan fingerprint density at radius 3 is 0.812 bits per heavy atom. The van der Waals surface area contributed by atoms with Gasteiger partial charge in [-0.3, -0.25) is 14.4 Å².